The molecule has 1 N–H and O–H groups in total. The molecule has 3 rings (SSSR count). The molecule has 0 bridgehead atoms. The van der Waals surface area contributed by atoms with Crippen LogP contribution >= 0.6 is 22.7 Å². The molecule has 0 aliphatic heterocycles. The molecule has 152 valence electrons. The fourth-order valence-electron chi connectivity index (χ4n) is 3.02. The zero-order valence-corrected chi connectivity index (χ0v) is 18.9. The summed E-state index contributed by atoms with van der Waals surface area (Å²) in [5.41, 5.74) is 4.95. The molecule has 2 heterocycles. The number of anilines is 1. The minimum absolute atomic E-state index is 0.207. The van der Waals surface area contributed by atoms with E-state index in [1.165, 1.54) is 16.9 Å². The van der Waals surface area contributed by atoms with Crippen molar-refractivity contribution in [3.63, 3.8) is 0 Å². The predicted octanol–water partition coefficient (Wildman–Crippen LogP) is 6.65. The van der Waals surface area contributed by atoms with Crippen LogP contribution in [0.15, 0.2) is 35.0 Å². The van der Waals surface area contributed by atoms with E-state index in [-0.39, 0.29) is 12.5 Å². The number of ether oxygens (including phenoxy) is 1. The molecule has 4 nitrogen and oxygen atoms in total. The molecule has 0 aliphatic rings. The Morgan fingerprint density at radius 3 is 2.31 bits per heavy atom. The Bertz CT molecular complexity index is 1030. The van der Waals surface area contributed by atoms with E-state index >= 15 is 0 Å². The molecule has 0 spiro atoms. The van der Waals surface area contributed by atoms with E-state index in [1.807, 2.05) is 36.7 Å². The number of amides is 1. The number of carbonyl (C=O) groups is 2. The number of thiophene rings is 2. The molecule has 1 amide bonds. The maximum absolute atomic E-state index is 12.8. The van der Waals surface area contributed by atoms with Gasteiger partial charge in [0.2, 0.25) is 0 Å². The summed E-state index contributed by atoms with van der Waals surface area (Å²) in [6, 6.07) is 8.17. The number of rotatable bonds is 6. The Morgan fingerprint density at radius 1 is 1.07 bits per heavy atom. The van der Waals surface area contributed by atoms with E-state index in [1.54, 1.807) is 18.3 Å². The Kier molecular flexibility index (Phi) is 6.55. The maximum atomic E-state index is 12.8. The van der Waals surface area contributed by atoms with E-state index in [2.05, 4.69) is 31.3 Å². The van der Waals surface area contributed by atoms with Gasteiger partial charge >= 0.3 is 5.97 Å². The molecular weight excluding hydrogens is 402 g/mol. The molecule has 2 aromatic heterocycles. The van der Waals surface area contributed by atoms with Gasteiger partial charge in [0.1, 0.15) is 10.6 Å². The first-order valence-corrected chi connectivity index (χ1v) is 11.3. The van der Waals surface area contributed by atoms with Crippen LogP contribution in [0.25, 0.3) is 11.1 Å². The molecule has 29 heavy (non-hydrogen) atoms. The van der Waals surface area contributed by atoms with Crippen LogP contribution < -0.4 is 5.32 Å². The summed E-state index contributed by atoms with van der Waals surface area (Å²) < 4.78 is 5.28. The molecule has 0 unspecified atom stereocenters. The fraction of sp³-hybridized carbons (Fsp3) is 0.304. The van der Waals surface area contributed by atoms with Crippen LogP contribution in [0, 0.1) is 13.8 Å². The number of nitrogens with one attached hydrogen (secondary N) is 1. The number of benzene rings is 1. The van der Waals surface area contributed by atoms with Crippen LogP contribution in [-0.2, 0) is 4.74 Å². The summed E-state index contributed by atoms with van der Waals surface area (Å²) in [6.07, 6.45) is 0. The van der Waals surface area contributed by atoms with E-state index in [4.69, 9.17) is 4.74 Å². The summed E-state index contributed by atoms with van der Waals surface area (Å²) in [5.74, 6) is -0.200. The van der Waals surface area contributed by atoms with Crippen LogP contribution in [0.3, 0.4) is 0 Å². The highest BCUT2D eigenvalue weighted by molar-refractivity contribution is 7.15. The minimum atomic E-state index is -0.426. The molecule has 0 aliphatic carbocycles. The fourth-order valence-corrected chi connectivity index (χ4v) is 4.84. The number of hydrogen-bond donors (Lipinski definition) is 1. The van der Waals surface area contributed by atoms with Crippen LogP contribution in [0.4, 0.5) is 5.00 Å². The van der Waals surface area contributed by atoms with Crippen molar-refractivity contribution in [2.24, 2.45) is 0 Å². The SMILES string of the molecule is CCOC(=O)c1c(-c2ccc(C(C)C)cc2)csc1NC(=O)c1csc(C)c1C. The zero-order valence-electron chi connectivity index (χ0n) is 17.3. The molecule has 3 aromatic rings. The van der Waals surface area contributed by atoms with E-state index in [0.717, 1.165) is 21.6 Å². The van der Waals surface area contributed by atoms with Gasteiger partial charge in [-0.15, -0.1) is 22.7 Å². The van der Waals surface area contributed by atoms with Crippen molar-refractivity contribution >= 4 is 39.6 Å². The lowest BCUT2D eigenvalue weighted by Crippen LogP contribution is -2.15. The summed E-state index contributed by atoms with van der Waals surface area (Å²) in [6.45, 7) is 10.3. The molecule has 6 heteroatoms. The molecular formula is C23H25NO3S2. The minimum Gasteiger partial charge on any atom is -0.462 e. The average molecular weight is 428 g/mol. The Labute approximate surface area is 179 Å². The summed E-state index contributed by atoms with van der Waals surface area (Å²) in [5, 5.41) is 7.19. The monoisotopic (exact) mass is 427 g/mol. The van der Waals surface area contributed by atoms with Gasteiger partial charge in [0, 0.05) is 21.2 Å². The average Bonchev–Trinajstić information content (AvgIpc) is 3.25. The normalized spacial score (nSPS) is 11.0. The second-order valence-electron chi connectivity index (χ2n) is 7.14. The summed E-state index contributed by atoms with van der Waals surface area (Å²) in [4.78, 5) is 26.6. The lowest BCUT2D eigenvalue weighted by atomic mass is 9.98. The van der Waals surface area contributed by atoms with E-state index < -0.39 is 5.97 Å². The van der Waals surface area contributed by atoms with E-state index in [0.29, 0.717) is 22.0 Å². The second kappa shape index (κ2) is 8.93. The van der Waals surface area contributed by atoms with Gasteiger partial charge in [-0.3, -0.25) is 4.79 Å². The van der Waals surface area contributed by atoms with Gasteiger partial charge in [-0.25, -0.2) is 4.79 Å². The van der Waals surface area contributed by atoms with Crippen molar-refractivity contribution in [1.82, 2.24) is 0 Å². The molecule has 0 saturated heterocycles. The van der Waals surface area contributed by atoms with Crippen molar-refractivity contribution in [2.75, 3.05) is 11.9 Å². The topological polar surface area (TPSA) is 55.4 Å². The van der Waals surface area contributed by atoms with Crippen molar-refractivity contribution in [3.8, 4) is 11.1 Å². The second-order valence-corrected chi connectivity index (χ2v) is 9.10. The van der Waals surface area contributed by atoms with Crippen LogP contribution in [0.2, 0.25) is 0 Å². The van der Waals surface area contributed by atoms with Crippen molar-refractivity contribution < 1.29 is 14.3 Å². The molecule has 0 fully saturated rings. The molecule has 0 radical (unpaired) electrons. The molecule has 1 aromatic carbocycles. The maximum Gasteiger partial charge on any atom is 0.341 e. The quantitative estimate of drug-likeness (QED) is 0.448. The van der Waals surface area contributed by atoms with Crippen molar-refractivity contribution in [2.45, 2.75) is 40.5 Å². The van der Waals surface area contributed by atoms with Gasteiger partial charge in [0.05, 0.1) is 12.2 Å². The number of hydrogen-bond acceptors (Lipinski definition) is 5. The lowest BCUT2D eigenvalue weighted by Gasteiger charge is -2.10. The van der Waals surface area contributed by atoms with Crippen molar-refractivity contribution in [1.29, 1.82) is 0 Å². The van der Waals surface area contributed by atoms with Crippen LogP contribution in [0.5, 0.6) is 0 Å². The van der Waals surface area contributed by atoms with Gasteiger partial charge in [-0.05, 0) is 43.4 Å². The Morgan fingerprint density at radius 2 is 1.76 bits per heavy atom. The van der Waals surface area contributed by atoms with Crippen molar-refractivity contribution in [3.05, 3.63) is 62.2 Å². The van der Waals surface area contributed by atoms with E-state index in [9.17, 15) is 9.59 Å². The summed E-state index contributed by atoms with van der Waals surface area (Å²) >= 11 is 2.89. The van der Waals surface area contributed by atoms with Gasteiger partial charge in [0.25, 0.3) is 5.91 Å². The van der Waals surface area contributed by atoms with Gasteiger partial charge in [-0.2, -0.15) is 0 Å². The third-order valence-corrected chi connectivity index (χ3v) is 6.83. The highest BCUT2D eigenvalue weighted by atomic mass is 32.1. The van der Waals surface area contributed by atoms with Crippen LogP contribution in [0.1, 0.15) is 63.4 Å². The van der Waals surface area contributed by atoms with Gasteiger partial charge < -0.3 is 10.1 Å². The Hall–Kier alpha value is -2.44. The number of carbonyl (C=O) groups excluding carboxylic acids is 2. The first-order valence-electron chi connectivity index (χ1n) is 9.58. The number of aryl methyl sites for hydroxylation is 1. The predicted molar refractivity (Wildman–Crippen MR) is 122 cm³/mol. The first-order chi connectivity index (χ1) is 13.8. The molecule has 0 atom stereocenters. The van der Waals surface area contributed by atoms with Gasteiger partial charge in [-0.1, -0.05) is 38.1 Å². The first kappa shape index (κ1) is 21.3. The third-order valence-electron chi connectivity index (χ3n) is 4.92. The standard InChI is InChI=1S/C23H25NO3S2/c1-6-27-23(26)20-19(17-9-7-16(8-10-17)13(2)3)12-29-22(20)24-21(25)18-11-28-15(5)14(18)4/h7-13H,6H2,1-5H3,(H,24,25). The van der Waals surface area contributed by atoms with Crippen LogP contribution in [-0.4, -0.2) is 18.5 Å². The highest BCUT2D eigenvalue weighted by Crippen LogP contribution is 2.37. The molecule has 0 saturated carbocycles. The number of esters is 1. The summed E-state index contributed by atoms with van der Waals surface area (Å²) in [7, 11) is 0. The highest BCUT2D eigenvalue weighted by Gasteiger charge is 2.24. The largest absolute Gasteiger partial charge is 0.462 e. The zero-order chi connectivity index (χ0) is 21.1. The van der Waals surface area contributed by atoms with Gasteiger partial charge in [0.15, 0.2) is 0 Å². The third kappa shape index (κ3) is 4.43. The smallest absolute Gasteiger partial charge is 0.341 e. The Balaban J connectivity index is 1.98. The lowest BCUT2D eigenvalue weighted by molar-refractivity contribution is 0.0529.